The summed E-state index contributed by atoms with van der Waals surface area (Å²) in [5.74, 6) is -0.330. The Hall–Kier alpha value is -0.830. The Morgan fingerprint density at radius 3 is 2.82 bits per heavy atom. The van der Waals surface area contributed by atoms with Crippen molar-refractivity contribution in [1.82, 2.24) is 4.90 Å². The molecule has 0 saturated carbocycles. The van der Waals surface area contributed by atoms with Gasteiger partial charge in [-0.15, -0.1) is 0 Å². The predicted molar refractivity (Wildman–Crippen MR) is 41.9 cm³/mol. The number of rotatable bonds is 4. The zero-order valence-corrected chi connectivity index (χ0v) is 6.75. The van der Waals surface area contributed by atoms with E-state index < -0.39 is 0 Å². The molecule has 0 aromatic carbocycles. The topological polar surface area (TPSA) is 29.3 Å². The smallest absolute Gasteiger partial charge is 0.331 e. The number of carbonyl (C=O) groups excluding carboxylic acids is 1. The van der Waals surface area contributed by atoms with Crippen LogP contribution in [0.25, 0.3) is 0 Å². The Morgan fingerprint density at radius 2 is 2.45 bits per heavy atom. The molecule has 1 aliphatic rings. The fourth-order valence-corrected chi connectivity index (χ4v) is 0.944. The summed E-state index contributed by atoms with van der Waals surface area (Å²) in [5, 5.41) is 0. The first-order valence-electron chi connectivity index (χ1n) is 3.85. The molecule has 0 radical (unpaired) electrons. The maximum Gasteiger partial charge on any atom is 0.331 e. The number of esters is 1. The Labute approximate surface area is 66.6 Å². The van der Waals surface area contributed by atoms with Crippen molar-refractivity contribution in [2.24, 2.45) is 0 Å². The third-order valence-corrected chi connectivity index (χ3v) is 1.66. The lowest BCUT2D eigenvalue weighted by Gasteiger charge is -2.15. The van der Waals surface area contributed by atoms with E-state index in [1.165, 1.54) is 6.08 Å². The maximum atomic E-state index is 10.7. The number of ether oxygens (including phenoxy) is 1. The van der Waals surface area contributed by atoms with Crippen LogP contribution in [0.1, 0.15) is 13.3 Å². The van der Waals surface area contributed by atoms with E-state index in [0.717, 1.165) is 19.5 Å². The standard InChI is InChI=1S/C8H13NO2/c1-3-7(9-5-6-9)11-8(10)4-2/h4,7H,2-3,5-6H2,1H3. The molecule has 1 unspecified atom stereocenters. The molecule has 1 aliphatic heterocycles. The molecule has 11 heavy (non-hydrogen) atoms. The minimum Gasteiger partial charge on any atom is -0.443 e. The van der Waals surface area contributed by atoms with E-state index in [1.807, 2.05) is 6.92 Å². The Kier molecular flexibility index (Phi) is 2.65. The quantitative estimate of drug-likeness (QED) is 0.341. The van der Waals surface area contributed by atoms with Crippen molar-refractivity contribution in [3.8, 4) is 0 Å². The van der Waals surface area contributed by atoms with Gasteiger partial charge in [0, 0.05) is 19.2 Å². The van der Waals surface area contributed by atoms with Gasteiger partial charge in [-0.2, -0.15) is 0 Å². The highest BCUT2D eigenvalue weighted by Gasteiger charge is 2.28. The molecule has 3 nitrogen and oxygen atoms in total. The molecular weight excluding hydrogens is 142 g/mol. The lowest BCUT2D eigenvalue weighted by molar-refractivity contribution is -0.148. The molecule has 62 valence electrons. The molecule has 3 heteroatoms. The molecular formula is C8H13NO2. The largest absolute Gasteiger partial charge is 0.443 e. The van der Waals surface area contributed by atoms with Crippen molar-refractivity contribution in [1.29, 1.82) is 0 Å². The molecule has 0 aromatic heterocycles. The van der Waals surface area contributed by atoms with Crippen LogP contribution < -0.4 is 0 Å². The Morgan fingerprint density at radius 1 is 1.82 bits per heavy atom. The molecule has 1 atom stereocenters. The number of hydrogen-bond acceptors (Lipinski definition) is 3. The zero-order valence-electron chi connectivity index (χ0n) is 6.75. The maximum absolute atomic E-state index is 10.7. The van der Waals surface area contributed by atoms with E-state index in [4.69, 9.17) is 4.74 Å². The van der Waals surface area contributed by atoms with E-state index in [2.05, 4.69) is 11.5 Å². The summed E-state index contributed by atoms with van der Waals surface area (Å²) >= 11 is 0. The minimum atomic E-state index is -0.330. The van der Waals surface area contributed by atoms with E-state index in [1.54, 1.807) is 0 Å². The summed E-state index contributed by atoms with van der Waals surface area (Å²) in [6.45, 7) is 7.42. The Bertz CT molecular complexity index is 163. The van der Waals surface area contributed by atoms with Crippen LogP contribution in [0.15, 0.2) is 12.7 Å². The molecule has 0 amide bonds. The van der Waals surface area contributed by atoms with Gasteiger partial charge >= 0.3 is 5.97 Å². The van der Waals surface area contributed by atoms with Gasteiger partial charge in [0.2, 0.25) is 0 Å². The normalized spacial score (nSPS) is 19.0. The van der Waals surface area contributed by atoms with Crippen molar-refractivity contribution in [3.05, 3.63) is 12.7 Å². The van der Waals surface area contributed by atoms with Crippen LogP contribution in [0.4, 0.5) is 0 Å². The van der Waals surface area contributed by atoms with Crippen LogP contribution in [0.2, 0.25) is 0 Å². The average Bonchev–Trinajstić information content (AvgIpc) is 2.82. The second-order valence-electron chi connectivity index (χ2n) is 2.54. The molecule has 0 spiro atoms. The third kappa shape index (κ3) is 2.35. The molecule has 0 aliphatic carbocycles. The fourth-order valence-electron chi connectivity index (χ4n) is 0.944. The van der Waals surface area contributed by atoms with Gasteiger partial charge in [0.1, 0.15) is 0 Å². The van der Waals surface area contributed by atoms with Gasteiger partial charge in [0.15, 0.2) is 6.23 Å². The number of nitrogens with zero attached hydrogens (tertiary/aromatic N) is 1. The minimum absolute atomic E-state index is 0.0273. The van der Waals surface area contributed by atoms with Gasteiger partial charge in [-0.3, -0.25) is 4.90 Å². The third-order valence-electron chi connectivity index (χ3n) is 1.66. The van der Waals surface area contributed by atoms with Crippen LogP contribution in [-0.2, 0) is 9.53 Å². The zero-order chi connectivity index (χ0) is 8.27. The first-order chi connectivity index (χ1) is 5.27. The molecule has 1 saturated heterocycles. The van der Waals surface area contributed by atoms with Crippen molar-refractivity contribution >= 4 is 5.97 Å². The Balaban J connectivity index is 2.30. The SMILES string of the molecule is C=CC(=O)OC(CC)N1CC1. The lowest BCUT2D eigenvalue weighted by Crippen LogP contribution is -2.24. The molecule has 1 heterocycles. The van der Waals surface area contributed by atoms with Crippen LogP contribution in [-0.4, -0.2) is 30.2 Å². The molecule has 0 N–H and O–H groups in total. The number of hydrogen-bond donors (Lipinski definition) is 0. The molecule has 0 bridgehead atoms. The van der Waals surface area contributed by atoms with Crippen LogP contribution >= 0.6 is 0 Å². The van der Waals surface area contributed by atoms with Gasteiger partial charge in [-0.25, -0.2) is 4.79 Å². The second-order valence-corrected chi connectivity index (χ2v) is 2.54. The summed E-state index contributed by atoms with van der Waals surface area (Å²) in [5.41, 5.74) is 0. The van der Waals surface area contributed by atoms with E-state index in [-0.39, 0.29) is 12.2 Å². The summed E-state index contributed by atoms with van der Waals surface area (Å²) in [7, 11) is 0. The molecule has 1 fully saturated rings. The summed E-state index contributed by atoms with van der Waals surface area (Å²) in [6.07, 6.45) is 2.02. The van der Waals surface area contributed by atoms with Crippen molar-refractivity contribution in [2.45, 2.75) is 19.6 Å². The highest BCUT2D eigenvalue weighted by molar-refractivity contribution is 5.81. The first kappa shape index (κ1) is 8.27. The van der Waals surface area contributed by atoms with Crippen molar-refractivity contribution in [3.63, 3.8) is 0 Å². The van der Waals surface area contributed by atoms with Gasteiger partial charge in [-0.05, 0) is 6.42 Å². The van der Waals surface area contributed by atoms with Gasteiger partial charge in [0.25, 0.3) is 0 Å². The highest BCUT2D eigenvalue weighted by atomic mass is 16.6. The van der Waals surface area contributed by atoms with Crippen LogP contribution in [0, 0.1) is 0 Å². The summed E-state index contributed by atoms with van der Waals surface area (Å²) < 4.78 is 5.04. The van der Waals surface area contributed by atoms with Crippen LogP contribution in [0.5, 0.6) is 0 Å². The van der Waals surface area contributed by atoms with Crippen molar-refractivity contribution in [2.75, 3.05) is 13.1 Å². The van der Waals surface area contributed by atoms with E-state index in [9.17, 15) is 4.79 Å². The summed E-state index contributed by atoms with van der Waals surface area (Å²) in [4.78, 5) is 12.8. The van der Waals surface area contributed by atoms with E-state index in [0.29, 0.717) is 0 Å². The van der Waals surface area contributed by atoms with Gasteiger partial charge < -0.3 is 4.74 Å². The second kappa shape index (κ2) is 3.53. The van der Waals surface area contributed by atoms with Crippen LogP contribution in [0.3, 0.4) is 0 Å². The fraction of sp³-hybridized carbons (Fsp3) is 0.625. The predicted octanol–water partition coefficient (Wildman–Crippen LogP) is 0.767. The highest BCUT2D eigenvalue weighted by Crippen LogP contribution is 2.14. The lowest BCUT2D eigenvalue weighted by atomic mass is 10.4. The average molecular weight is 155 g/mol. The van der Waals surface area contributed by atoms with Crippen molar-refractivity contribution < 1.29 is 9.53 Å². The van der Waals surface area contributed by atoms with Gasteiger partial charge in [0.05, 0.1) is 0 Å². The first-order valence-corrected chi connectivity index (χ1v) is 3.85. The monoisotopic (exact) mass is 155 g/mol. The summed E-state index contributed by atoms with van der Waals surface area (Å²) in [6, 6.07) is 0. The molecule has 0 aromatic rings. The number of carbonyl (C=O) groups is 1. The molecule has 1 rings (SSSR count). The van der Waals surface area contributed by atoms with E-state index >= 15 is 0 Å². The van der Waals surface area contributed by atoms with Gasteiger partial charge in [-0.1, -0.05) is 13.5 Å².